The minimum atomic E-state index is -0.0481. The molecule has 0 unspecified atom stereocenters. The number of aromatic nitrogens is 3. The summed E-state index contributed by atoms with van der Waals surface area (Å²) < 4.78 is 22.6. The lowest BCUT2D eigenvalue weighted by molar-refractivity contribution is 0.0319. The smallest absolute Gasteiger partial charge is 0.234 e. The normalized spacial score (nSPS) is 13.4. The van der Waals surface area contributed by atoms with Gasteiger partial charge in [0.1, 0.15) is 24.4 Å². The first-order valence-electron chi connectivity index (χ1n) is 13.0. The molecule has 208 valence electrons. The number of hydrogen-bond acceptors (Lipinski definition) is 11. The van der Waals surface area contributed by atoms with Crippen molar-refractivity contribution in [2.45, 2.75) is 0 Å². The van der Waals surface area contributed by atoms with E-state index in [0.29, 0.717) is 29.9 Å². The molecule has 3 aromatic carbocycles. The van der Waals surface area contributed by atoms with Gasteiger partial charge in [-0.15, -0.1) is 0 Å². The second-order valence-electron chi connectivity index (χ2n) is 9.03. The minimum absolute atomic E-state index is 0.0481. The highest BCUT2D eigenvalue weighted by atomic mass is 16.5. The highest BCUT2D eigenvalue weighted by molar-refractivity contribution is 5.66. The Labute approximate surface area is 232 Å². The molecule has 0 atom stereocenters. The number of para-hydroxylation sites is 1. The van der Waals surface area contributed by atoms with Gasteiger partial charge in [-0.2, -0.15) is 4.98 Å². The molecule has 1 fully saturated rings. The zero-order valence-corrected chi connectivity index (χ0v) is 22.5. The number of benzene rings is 3. The summed E-state index contributed by atoms with van der Waals surface area (Å²) in [7, 11) is 3.39. The van der Waals surface area contributed by atoms with Crippen LogP contribution in [-0.2, 0) is 4.74 Å². The SMILES string of the molecule is COc1cc(Nc2ncnc(N(C)c3ccc(Oc4ccccc4)cc3)n2)cc(O)c1OCCN1CCOCC1. The Morgan fingerprint density at radius 2 is 1.75 bits per heavy atom. The second kappa shape index (κ2) is 13.0. The molecular formula is C29H32N6O5. The number of hydrogen-bond donors (Lipinski definition) is 2. The van der Waals surface area contributed by atoms with Crippen molar-refractivity contribution in [2.24, 2.45) is 0 Å². The lowest BCUT2D eigenvalue weighted by atomic mass is 10.2. The number of phenols is 1. The van der Waals surface area contributed by atoms with Gasteiger partial charge in [-0.3, -0.25) is 4.90 Å². The number of phenolic OH excluding ortho intramolecular Hbond substituents is 1. The molecule has 0 bridgehead atoms. The van der Waals surface area contributed by atoms with E-state index < -0.39 is 0 Å². The molecule has 1 saturated heterocycles. The van der Waals surface area contributed by atoms with Crippen LogP contribution in [0.4, 0.5) is 23.3 Å². The Morgan fingerprint density at radius 1 is 1.00 bits per heavy atom. The topological polar surface area (TPSA) is 114 Å². The summed E-state index contributed by atoms with van der Waals surface area (Å²) in [6.07, 6.45) is 1.42. The Bertz CT molecular complexity index is 1380. The van der Waals surface area contributed by atoms with Gasteiger partial charge in [0, 0.05) is 50.2 Å². The van der Waals surface area contributed by atoms with Gasteiger partial charge in [0.25, 0.3) is 0 Å². The van der Waals surface area contributed by atoms with Crippen LogP contribution in [0.1, 0.15) is 0 Å². The number of rotatable bonds is 11. The molecular weight excluding hydrogens is 512 g/mol. The maximum Gasteiger partial charge on any atom is 0.234 e. The predicted molar refractivity (Wildman–Crippen MR) is 152 cm³/mol. The first-order valence-corrected chi connectivity index (χ1v) is 13.0. The fourth-order valence-electron chi connectivity index (χ4n) is 4.17. The Kier molecular flexibility index (Phi) is 8.74. The standard InChI is InChI=1S/C29H32N6O5/c1-34(22-8-10-24(11-9-22)40-23-6-4-3-5-7-23)29-31-20-30-28(33-29)32-21-18-25(36)27(26(19-21)37-2)39-17-14-35-12-15-38-16-13-35/h3-11,18-20,36H,12-17H2,1-2H3,(H,30,31,32,33). The minimum Gasteiger partial charge on any atom is -0.504 e. The highest BCUT2D eigenvalue weighted by Crippen LogP contribution is 2.40. The number of morpholine rings is 1. The molecule has 2 heterocycles. The van der Waals surface area contributed by atoms with Gasteiger partial charge in [0.15, 0.2) is 11.5 Å². The molecule has 40 heavy (non-hydrogen) atoms. The van der Waals surface area contributed by atoms with Crippen molar-refractivity contribution >= 4 is 23.3 Å². The lowest BCUT2D eigenvalue weighted by Crippen LogP contribution is -2.38. The van der Waals surface area contributed by atoms with Crippen LogP contribution in [0.25, 0.3) is 0 Å². The third-order valence-corrected chi connectivity index (χ3v) is 6.33. The number of methoxy groups -OCH3 is 1. The van der Waals surface area contributed by atoms with Crippen LogP contribution in [0.3, 0.4) is 0 Å². The van der Waals surface area contributed by atoms with Crippen molar-refractivity contribution in [3.63, 3.8) is 0 Å². The summed E-state index contributed by atoms with van der Waals surface area (Å²) in [5.41, 5.74) is 1.41. The third kappa shape index (κ3) is 6.87. The van der Waals surface area contributed by atoms with E-state index in [1.165, 1.54) is 13.4 Å². The van der Waals surface area contributed by atoms with Gasteiger partial charge in [0.05, 0.1) is 20.3 Å². The molecule has 1 aromatic heterocycles. The Balaban J connectivity index is 1.23. The monoisotopic (exact) mass is 544 g/mol. The van der Waals surface area contributed by atoms with Gasteiger partial charge < -0.3 is 34.3 Å². The van der Waals surface area contributed by atoms with E-state index in [1.807, 2.05) is 66.5 Å². The van der Waals surface area contributed by atoms with Crippen molar-refractivity contribution in [3.8, 4) is 28.7 Å². The zero-order chi connectivity index (χ0) is 27.7. The predicted octanol–water partition coefficient (Wildman–Crippen LogP) is 4.60. The molecule has 0 spiro atoms. The summed E-state index contributed by atoms with van der Waals surface area (Å²) in [4.78, 5) is 17.2. The van der Waals surface area contributed by atoms with Crippen molar-refractivity contribution in [2.75, 3.05) is 63.8 Å². The van der Waals surface area contributed by atoms with E-state index in [1.54, 1.807) is 12.1 Å². The molecule has 5 rings (SSSR count). The number of aromatic hydroxyl groups is 1. The van der Waals surface area contributed by atoms with Gasteiger partial charge in [-0.1, -0.05) is 18.2 Å². The molecule has 1 aliphatic rings. The van der Waals surface area contributed by atoms with Crippen LogP contribution >= 0.6 is 0 Å². The highest BCUT2D eigenvalue weighted by Gasteiger charge is 2.16. The number of anilines is 4. The average Bonchev–Trinajstić information content (AvgIpc) is 2.99. The van der Waals surface area contributed by atoms with Crippen LogP contribution in [0, 0.1) is 0 Å². The van der Waals surface area contributed by atoms with E-state index in [-0.39, 0.29) is 11.5 Å². The average molecular weight is 545 g/mol. The van der Waals surface area contributed by atoms with Crippen LogP contribution < -0.4 is 24.4 Å². The van der Waals surface area contributed by atoms with Gasteiger partial charge in [-0.05, 0) is 36.4 Å². The van der Waals surface area contributed by atoms with Crippen LogP contribution in [0.5, 0.6) is 28.7 Å². The summed E-state index contributed by atoms with van der Waals surface area (Å²) in [6, 6.07) is 20.5. The molecule has 0 radical (unpaired) electrons. The molecule has 1 aliphatic heterocycles. The molecule has 0 saturated carbocycles. The van der Waals surface area contributed by atoms with E-state index in [2.05, 4.69) is 25.2 Å². The Hall–Kier alpha value is -4.61. The van der Waals surface area contributed by atoms with Crippen LogP contribution in [0.15, 0.2) is 73.1 Å². The lowest BCUT2D eigenvalue weighted by Gasteiger charge is -2.26. The number of ether oxygens (including phenoxy) is 4. The summed E-state index contributed by atoms with van der Waals surface area (Å²) in [5, 5.41) is 13.8. The fourth-order valence-corrected chi connectivity index (χ4v) is 4.17. The van der Waals surface area contributed by atoms with Crippen molar-refractivity contribution in [1.82, 2.24) is 19.9 Å². The summed E-state index contributed by atoms with van der Waals surface area (Å²) in [5.74, 6) is 2.88. The Morgan fingerprint density at radius 3 is 2.50 bits per heavy atom. The van der Waals surface area contributed by atoms with E-state index in [0.717, 1.165) is 50.0 Å². The molecule has 4 aromatic rings. The quantitative estimate of drug-likeness (QED) is 0.276. The van der Waals surface area contributed by atoms with Gasteiger partial charge in [-0.25, -0.2) is 9.97 Å². The van der Waals surface area contributed by atoms with Crippen molar-refractivity contribution in [1.29, 1.82) is 0 Å². The van der Waals surface area contributed by atoms with Crippen LogP contribution in [-0.4, -0.2) is 78.6 Å². The second-order valence-corrected chi connectivity index (χ2v) is 9.03. The van der Waals surface area contributed by atoms with E-state index in [4.69, 9.17) is 18.9 Å². The van der Waals surface area contributed by atoms with Gasteiger partial charge in [0.2, 0.25) is 17.6 Å². The van der Waals surface area contributed by atoms with Crippen molar-refractivity contribution in [3.05, 3.63) is 73.1 Å². The van der Waals surface area contributed by atoms with Crippen molar-refractivity contribution < 1.29 is 24.1 Å². The molecule has 11 heteroatoms. The van der Waals surface area contributed by atoms with E-state index in [9.17, 15) is 5.11 Å². The third-order valence-electron chi connectivity index (χ3n) is 6.33. The van der Waals surface area contributed by atoms with Gasteiger partial charge >= 0.3 is 0 Å². The molecule has 11 nitrogen and oxygen atoms in total. The first kappa shape index (κ1) is 27.0. The van der Waals surface area contributed by atoms with E-state index >= 15 is 0 Å². The maximum atomic E-state index is 10.7. The molecule has 2 N–H and O–H groups in total. The number of nitrogens with zero attached hydrogens (tertiary/aromatic N) is 5. The maximum absolute atomic E-state index is 10.7. The first-order chi connectivity index (χ1) is 19.6. The molecule has 0 aliphatic carbocycles. The zero-order valence-electron chi connectivity index (χ0n) is 22.5. The number of nitrogens with one attached hydrogen (secondary N) is 1. The fraction of sp³-hybridized carbons (Fsp3) is 0.276. The largest absolute Gasteiger partial charge is 0.504 e. The van der Waals surface area contributed by atoms with Crippen LogP contribution in [0.2, 0.25) is 0 Å². The molecule has 0 amide bonds. The summed E-state index contributed by atoms with van der Waals surface area (Å²) >= 11 is 0. The summed E-state index contributed by atoms with van der Waals surface area (Å²) in [6.45, 7) is 4.33.